The Hall–Kier alpha value is -3.26. The van der Waals surface area contributed by atoms with Crippen molar-refractivity contribution in [2.45, 2.75) is 25.7 Å². The van der Waals surface area contributed by atoms with Crippen LogP contribution < -0.4 is 9.80 Å². The molecule has 1 amide bonds. The second kappa shape index (κ2) is 10.2. The quantitative estimate of drug-likeness (QED) is 0.535. The van der Waals surface area contributed by atoms with E-state index in [4.69, 9.17) is 5.10 Å². The molecule has 0 spiro atoms. The number of carbonyl (C=O) groups excluding carboxylic acids is 1. The highest BCUT2D eigenvalue weighted by Crippen LogP contribution is 2.31. The number of fused-ring (bicyclic) bond motifs is 1. The maximum Gasteiger partial charge on any atom is 0.259 e. The zero-order valence-corrected chi connectivity index (χ0v) is 20.1. The average molecular weight is 480 g/mol. The lowest BCUT2D eigenvalue weighted by molar-refractivity contribution is 0.0981. The van der Waals surface area contributed by atoms with Gasteiger partial charge in [0.05, 0.1) is 5.69 Å². The molecule has 0 N–H and O–H groups in total. The summed E-state index contributed by atoms with van der Waals surface area (Å²) in [5.74, 6) is 0.144. The number of aromatic nitrogens is 2. The largest absolute Gasteiger partial charge is 0.369 e. The normalized spacial score (nSPS) is 16.3. The lowest BCUT2D eigenvalue weighted by Gasteiger charge is -2.37. The van der Waals surface area contributed by atoms with Crippen LogP contribution in [0.15, 0.2) is 48.5 Å². The zero-order valence-electron chi connectivity index (χ0n) is 20.1. The van der Waals surface area contributed by atoms with Gasteiger partial charge in [0.15, 0.2) is 0 Å². The molecule has 1 saturated heterocycles. The predicted molar refractivity (Wildman–Crippen MR) is 133 cm³/mol. The Morgan fingerprint density at radius 2 is 1.54 bits per heavy atom. The third-order valence-corrected chi connectivity index (χ3v) is 7.08. The van der Waals surface area contributed by atoms with E-state index >= 15 is 0 Å². The van der Waals surface area contributed by atoms with E-state index in [-0.39, 0.29) is 17.5 Å². The van der Waals surface area contributed by atoms with Crippen molar-refractivity contribution in [1.29, 1.82) is 0 Å². The van der Waals surface area contributed by atoms with E-state index in [0.717, 1.165) is 81.2 Å². The van der Waals surface area contributed by atoms with Gasteiger partial charge >= 0.3 is 0 Å². The second-order valence-electron chi connectivity index (χ2n) is 9.35. The molecule has 184 valence electrons. The number of piperazine rings is 1. The summed E-state index contributed by atoms with van der Waals surface area (Å²) in [6.45, 7) is 4.67. The fraction of sp³-hybridized carbons (Fsp3) is 0.407. The van der Waals surface area contributed by atoms with E-state index in [9.17, 15) is 13.6 Å². The van der Waals surface area contributed by atoms with Crippen molar-refractivity contribution in [3.8, 4) is 0 Å². The van der Waals surface area contributed by atoms with Gasteiger partial charge in [0.1, 0.15) is 17.5 Å². The standard InChI is InChI=1S/C27H31F2N5O/c1-31-26(24-4-2-3-5-25(24)30-31)34(27(35)20-6-8-21(28)9-7-20)19-16-32-14-17-33(18-15-32)23-12-10-22(29)11-13-23/h6-13H,2-5,14-19H2,1H3. The van der Waals surface area contributed by atoms with Crippen LogP contribution in [0.4, 0.5) is 20.3 Å². The Morgan fingerprint density at radius 1 is 0.914 bits per heavy atom. The van der Waals surface area contributed by atoms with Crippen molar-refractivity contribution in [1.82, 2.24) is 14.7 Å². The highest BCUT2D eigenvalue weighted by Gasteiger charge is 2.29. The Balaban J connectivity index is 1.32. The minimum Gasteiger partial charge on any atom is -0.369 e. The van der Waals surface area contributed by atoms with E-state index in [1.54, 1.807) is 12.1 Å². The summed E-state index contributed by atoms with van der Waals surface area (Å²) in [7, 11) is 1.90. The van der Waals surface area contributed by atoms with Crippen molar-refractivity contribution in [3.05, 3.63) is 77.0 Å². The summed E-state index contributed by atoms with van der Waals surface area (Å²) >= 11 is 0. The highest BCUT2D eigenvalue weighted by atomic mass is 19.1. The highest BCUT2D eigenvalue weighted by molar-refractivity contribution is 6.06. The van der Waals surface area contributed by atoms with Crippen LogP contribution in [0.5, 0.6) is 0 Å². The molecule has 0 atom stereocenters. The minimum atomic E-state index is -0.356. The molecule has 3 aromatic rings. The summed E-state index contributed by atoms with van der Waals surface area (Å²) in [6, 6.07) is 12.4. The van der Waals surface area contributed by atoms with Crippen LogP contribution >= 0.6 is 0 Å². The number of halogens is 2. The summed E-state index contributed by atoms with van der Waals surface area (Å²) in [4.78, 5) is 20.1. The van der Waals surface area contributed by atoms with Crippen molar-refractivity contribution in [2.24, 2.45) is 7.05 Å². The number of anilines is 2. The van der Waals surface area contributed by atoms with Crippen LogP contribution in [0, 0.1) is 11.6 Å². The number of aryl methyl sites for hydroxylation is 2. The van der Waals surface area contributed by atoms with E-state index in [0.29, 0.717) is 12.1 Å². The van der Waals surface area contributed by atoms with Gasteiger partial charge in [0, 0.05) is 63.1 Å². The van der Waals surface area contributed by atoms with Gasteiger partial charge in [-0.05, 0) is 74.2 Å². The van der Waals surface area contributed by atoms with E-state index in [1.807, 2.05) is 28.8 Å². The van der Waals surface area contributed by atoms with Crippen molar-refractivity contribution in [3.63, 3.8) is 0 Å². The molecule has 5 rings (SSSR count). The molecule has 1 fully saturated rings. The Labute approximate surface area is 204 Å². The molecular formula is C27H31F2N5O. The van der Waals surface area contributed by atoms with Crippen molar-refractivity contribution < 1.29 is 13.6 Å². The average Bonchev–Trinajstić information content (AvgIpc) is 3.21. The molecule has 1 aliphatic carbocycles. The van der Waals surface area contributed by atoms with Crippen LogP contribution in [0.3, 0.4) is 0 Å². The topological polar surface area (TPSA) is 44.6 Å². The minimum absolute atomic E-state index is 0.133. The first kappa shape index (κ1) is 23.5. The summed E-state index contributed by atoms with van der Waals surface area (Å²) in [6.07, 6.45) is 4.07. The molecule has 8 heteroatoms. The van der Waals surface area contributed by atoms with Crippen LogP contribution in [-0.4, -0.2) is 59.9 Å². The number of nitrogens with zero attached hydrogens (tertiary/aromatic N) is 5. The monoisotopic (exact) mass is 479 g/mol. The molecule has 2 heterocycles. The molecule has 1 aromatic heterocycles. The fourth-order valence-electron chi connectivity index (χ4n) is 5.18. The maximum atomic E-state index is 13.6. The zero-order chi connectivity index (χ0) is 24.4. The molecule has 0 bridgehead atoms. The smallest absolute Gasteiger partial charge is 0.259 e. The molecule has 2 aliphatic rings. The third-order valence-electron chi connectivity index (χ3n) is 7.08. The summed E-state index contributed by atoms with van der Waals surface area (Å²) in [5.41, 5.74) is 3.74. The van der Waals surface area contributed by atoms with Crippen LogP contribution in [0.2, 0.25) is 0 Å². The lowest BCUT2D eigenvalue weighted by atomic mass is 9.97. The summed E-state index contributed by atoms with van der Waals surface area (Å²) < 4.78 is 28.6. The Bertz CT molecular complexity index is 1170. The van der Waals surface area contributed by atoms with E-state index in [1.165, 1.54) is 24.3 Å². The van der Waals surface area contributed by atoms with Gasteiger partial charge in [-0.3, -0.25) is 19.3 Å². The van der Waals surface area contributed by atoms with Crippen molar-refractivity contribution >= 4 is 17.4 Å². The number of carbonyl (C=O) groups is 1. The first-order chi connectivity index (χ1) is 17.0. The summed E-state index contributed by atoms with van der Waals surface area (Å²) in [5, 5.41) is 4.72. The number of benzene rings is 2. The number of hydrogen-bond acceptors (Lipinski definition) is 4. The van der Waals surface area contributed by atoms with Crippen LogP contribution in [-0.2, 0) is 19.9 Å². The van der Waals surface area contributed by atoms with E-state index < -0.39 is 0 Å². The van der Waals surface area contributed by atoms with Gasteiger partial charge in [-0.15, -0.1) is 0 Å². The van der Waals surface area contributed by atoms with Gasteiger partial charge < -0.3 is 4.90 Å². The molecular weight excluding hydrogens is 448 g/mol. The Kier molecular flexibility index (Phi) is 6.81. The molecule has 6 nitrogen and oxygen atoms in total. The molecule has 0 unspecified atom stereocenters. The maximum absolute atomic E-state index is 13.6. The van der Waals surface area contributed by atoms with Gasteiger partial charge in [0.2, 0.25) is 0 Å². The molecule has 35 heavy (non-hydrogen) atoms. The van der Waals surface area contributed by atoms with Gasteiger partial charge in [-0.25, -0.2) is 8.78 Å². The molecule has 1 aliphatic heterocycles. The molecule has 2 aromatic carbocycles. The SMILES string of the molecule is Cn1nc2c(c1N(CCN1CCN(c3ccc(F)cc3)CC1)C(=O)c1ccc(F)cc1)CCCC2. The first-order valence-electron chi connectivity index (χ1n) is 12.3. The predicted octanol–water partition coefficient (Wildman–Crippen LogP) is 4.05. The number of amides is 1. The number of rotatable bonds is 6. The van der Waals surface area contributed by atoms with Crippen LogP contribution in [0.1, 0.15) is 34.5 Å². The van der Waals surface area contributed by atoms with Crippen LogP contribution in [0.25, 0.3) is 0 Å². The third kappa shape index (κ3) is 5.07. The molecule has 0 radical (unpaired) electrons. The van der Waals surface area contributed by atoms with Gasteiger partial charge in [-0.2, -0.15) is 5.10 Å². The Morgan fingerprint density at radius 3 is 2.23 bits per heavy atom. The van der Waals surface area contributed by atoms with Crippen molar-refractivity contribution in [2.75, 3.05) is 49.1 Å². The molecule has 0 saturated carbocycles. The van der Waals surface area contributed by atoms with E-state index in [2.05, 4.69) is 9.80 Å². The van der Waals surface area contributed by atoms with Gasteiger partial charge in [0.25, 0.3) is 5.91 Å². The number of hydrogen-bond donors (Lipinski definition) is 0. The second-order valence-corrected chi connectivity index (χ2v) is 9.35. The fourth-order valence-corrected chi connectivity index (χ4v) is 5.18. The first-order valence-corrected chi connectivity index (χ1v) is 12.3. The lowest BCUT2D eigenvalue weighted by Crippen LogP contribution is -2.49. The van der Waals surface area contributed by atoms with Gasteiger partial charge in [-0.1, -0.05) is 0 Å².